The largest absolute Gasteiger partial charge is 0.454 e. The molecular formula is C25H20ClN3O5. The number of anilines is 2. The van der Waals surface area contributed by atoms with Gasteiger partial charge in [-0.05, 0) is 48.0 Å². The summed E-state index contributed by atoms with van der Waals surface area (Å²) in [5.74, 6) is 0.324. The Labute approximate surface area is 200 Å². The first kappa shape index (κ1) is 21.8. The monoisotopic (exact) mass is 477 g/mol. The van der Waals surface area contributed by atoms with Crippen LogP contribution in [0.1, 0.15) is 12.0 Å². The minimum absolute atomic E-state index is 0.113. The van der Waals surface area contributed by atoms with Crippen molar-refractivity contribution in [2.75, 3.05) is 17.0 Å². The Bertz CT molecular complexity index is 1270. The van der Waals surface area contributed by atoms with Gasteiger partial charge in [-0.3, -0.25) is 9.59 Å². The summed E-state index contributed by atoms with van der Waals surface area (Å²) in [4.78, 5) is 42.1. The lowest BCUT2D eigenvalue weighted by molar-refractivity contribution is -0.124. The average molecular weight is 478 g/mol. The molecule has 0 radical (unpaired) electrons. The summed E-state index contributed by atoms with van der Waals surface area (Å²) in [6, 6.07) is 19.2. The Morgan fingerprint density at radius 1 is 0.971 bits per heavy atom. The molecule has 0 saturated carbocycles. The van der Waals surface area contributed by atoms with E-state index >= 15 is 0 Å². The van der Waals surface area contributed by atoms with E-state index in [0.717, 1.165) is 10.5 Å². The number of ether oxygens (including phenoxy) is 2. The van der Waals surface area contributed by atoms with Gasteiger partial charge in [-0.2, -0.15) is 0 Å². The van der Waals surface area contributed by atoms with E-state index in [1.165, 1.54) is 4.90 Å². The number of para-hydroxylation sites is 1. The smallest absolute Gasteiger partial charge is 0.332 e. The van der Waals surface area contributed by atoms with Crippen molar-refractivity contribution in [2.24, 2.45) is 0 Å². The molecule has 0 spiro atoms. The van der Waals surface area contributed by atoms with Crippen molar-refractivity contribution in [3.8, 4) is 11.5 Å². The lowest BCUT2D eigenvalue weighted by Crippen LogP contribution is -2.37. The Morgan fingerprint density at radius 2 is 1.76 bits per heavy atom. The van der Waals surface area contributed by atoms with Gasteiger partial charge >= 0.3 is 6.03 Å². The number of fused-ring (bicyclic) bond motifs is 1. The molecule has 172 valence electrons. The number of carbonyl (C=O) groups is 3. The highest BCUT2D eigenvalue weighted by molar-refractivity contribution is 6.31. The first-order valence-electron chi connectivity index (χ1n) is 10.6. The first-order valence-corrected chi connectivity index (χ1v) is 11.0. The molecule has 4 amide bonds. The van der Waals surface area contributed by atoms with E-state index in [9.17, 15) is 14.4 Å². The zero-order valence-electron chi connectivity index (χ0n) is 17.9. The van der Waals surface area contributed by atoms with Gasteiger partial charge in [0.05, 0.1) is 12.1 Å². The van der Waals surface area contributed by atoms with Gasteiger partial charge in [0.1, 0.15) is 6.04 Å². The molecule has 0 aromatic heterocycles. The maximum atomic E-state index is 13.4. The van der Waals surface area contributed by atoms with Crippen LogP contribution >= 0.6 is 11.6 Å². The van der Waals surface area contributed by atoms with E-state index < -0.39 is 18.0 Å². The number of urea groups is 1. The number of nitrogens with zero attached hydrogens (tertiary/aromatic N) is 2. The highest BCUT2D eigenvalue weighted by atomic mass is 35.5. The van der Waals surface area contributed by atoms with Gasteiger partial charge in [-0.15, -0.1) is 0 Å². The molecule has 9 heteroatoms. The molecule has 0 bridgehead atoms. The van der Waals surface area contributed by atoms with Gasteiger partial charge in [0.15, 0.2) is 11.5 Å². The van der Waals surface area contributed by atoms with Gasteiger partial charge in [0, 0.05) is 17.3 Å². The summed E-state index contributed by atoms with van der Waals surface area (Å²) < 4.78 is 10.8. The predicted octanol–water partition coefficient (Wildman–Crippen LogP) is 4.43. The lowest BCUT2D eigenvalue weighted by Gasteiger charge is -2.22. The summed E-state index contributed by atoms with van der Waals surface area (Å²) in [5, 5.41) is 3.18. The molecule has 1 atom stereocenters. The van der Waals surface area contributed by atoms with Crippen molar-refractivity contribution in [1.29, 1.82) is 0 Å². The second kappa shape index (κ2) is 9.07. The van der Waals surface area contributed by atoms with E-state index in [-0.39, 0.29) is 25.7 Å². The van der Waals surface area contributed by atoms with Crippen molar-refractivity contribution < 1.29 is 23.9 Å². The summed E-state index contributed by atoms with van der Waals surface area (Å²) in [5.41, 5.74) is 1.70. The molecule has 2 aliphatic rings. The number of carbonyl (C=O) groups excluding carboxylic acids is 3. The number of nitrogens with one attached hydrogen (secondary N) is 1. The average Bonchev–Trinajstić information content (AvgIpc) is 3.38. The van der Waals surface area contributed by atoms with Gasteiger partial charge < -0.3 is 19.7 Å². The predicted molar refractivity (Wildman–Crippen MR) is 126 cm³/mol. The third-order valence-corrected chi connectivity index (χ3v) is 5.85. The van der Waals surface area contributed by atoms with E-state index in [2.05, 4.69) is 5.32 Å². The quantitative estimate of drug-likeness (QED) is 0.530. The van der Waals surface area contributed by atoms with Crippen LogP contribution in [0.15, 0.2) is 72.8 Å². The molecule has 1 unspecified atom stereocenters. The SMILES string of the molecule is O=C(CC1C(=O)N(c2cccc(Cl)c2)C(=O)N1Cc1ccc2c(c1)OCO2)Nc1ccccc1. The minimum Gasteiger partial charge on any atom is -0.454 e. The lowest BCUT2D eigenvalue weighted by atomic mass is 10.1. The van der Waals surface area contributed by atoms with Gasteiger partial charge in [0.25, 0.3) is 5.91 Å². The molecule has 1 fully saturated rings. The molecular weight excluding hydrogens is 458 g/mol. The third kappa shape index (κ3) is 4.27. The summed E-state index contributed by atoms with van der Waals surface area (Å²) in [6.45, 7) is 0.242. The van der Waals surface area contributed by atoms with Crippen LogP contribution in [0.25, 0.3) is 0 Å². The Morgan fingerprint density at radius 3 is 2.56 bits per heavy atom. The molecule has 8 nitrogen and oxygen atoms in total. The van der Waals surface area contributed by atoms with E-state index in [4.69, 9.17) is 21.1 Å². The maximum Gasteiger partial charge on any atom is 0.332 e. The van der Waals surface area contributed by atoms with Crippen LogP contribution in [0.4, 0.5) is 16.2 Å². The van der Waals surface area contributed by atoms with Crippen LogP contribution in [0.5, 0.6) is 11.5 Å². The van der Waals surface area contributed by atoms with Gasteiger partial charge in [-0.1, -0.05) is 41.9 Å². The van der Waals surface area contributed by atoms with Crippen molar-refractivity contribution in [1.82, 2.24) is 4.90 Å². The van der Waals surface area contributed by atoms with Gasteiger partial charge in [0.2, 0.25) is 12.7 Å². The van der Waals surface area contributed by atoms with Crippen LogP contribution in [0.3, 0.4) is 0 Å². The normalized spacial score (nSPS) is 16.8. The van der Waals surface area contributed by atoms with Crippen molar-refractivity contribution >= 4 is 40.8 Å². The second-order valence-corrected chi connectivity index (χ2v) is 8.32. The summed E-state index contributed by atoms with van der Waals surface area (Å²) in [7, 11) is 0. The summed E-state index contributed by atoms with van der Waals surface area (Å²) >= 11 is 6.10. The number of halogens is 1. The fourth-order valence-corrected chi connectivity index (χ4v) is 4.20. The number of amides is 4. The Balaban J connectivity index is 1.43. The fourth-order valence-electron chi connectivity index (χ4n) is 4.01. The zero-order valence-corrected chi connectivity index (χ0v) is 18.7. The Kier molecular flexibility index (Phi) is 5.81. The summed E-state index contributed by atoms with van der Waals surface area (Å²) in [6.07, 6.45) is -0.193. The van der Waals surface area contributed by atoms with E-state index in [0.29, 0.717) is 27.9 Å². The van der Waals surface area contributed by atoms with Crippen molar-refractivity contribution in [3.63, 3.8) is 0 Å². The molecule has 2 heterocycles. The van der Waals surface area contributed by atoms with Crippen LogP contribution < -0.4 is 19.7 Å². The van der Waals surface area contributed by atoms with Crippen molar-refractivity contribution in [3.05, 3.63) is 83.4 Å². The number of hydrogen-bond donors (Lipinski definition) is 1. The molecule has 3 aromatic carbocycles. The molecule has 34 heavy (non-hydrogen) atoms. The van der Waals surface area contributed by atoms with Crippen LogP contribution in [-0.2, 0) is 16.1 Å². The highest BCUT2D eigenvalue weighted by Gasteiger charge is 2.46. The van der Waals surface area contributed by atoms with Crippen LogP contribution in [-0.4, -0.2) is 35.6 Å². The van der Waals surface area contributed by atoms with Gasteiger partial charge in [-0.25, -0.2) is 9.69 Å². The molecule has 3 aromatic rings. The Hall–Kier alpha value is -4.04. The minimum atomic E-state index is -0.986. The zero-order chi connectivity index (χ0) is 23.7. The second-order valence-electron chi connectivity index (χ2n) is 7.89. The molecule has 5 rings (SSSR count). The molecule has 1 saturated heterocycles. The van der Waals surface area contributed by atoms with E-state index in [1.54, 1.807) is 66.7 Å². The molecule has 2 aliphatic heterocycles. The van der Waals surface area contributed by atoms with E-state index in [1.807, 2.05) is 6.07 Å². The topological polar surface area (TPSA) is 88.2 Å². The van der Waals surface area contributed by atoms with Crippen LogP contribution in [0, 0.1) is 0 Å². The standard InChI is InChI=1S/C25H20ClN3O5/c26-17-5-4-8-19(12-17)29-24(31)20(13-23(30)27-18-6-2-1-3-7-18)28(25(29)32)14-16-9-10-21-22(11-16)34-15-33-21/h1-12,20H,13-15H2,(H,27,30). The first-order chi connectivity index (χ1) is 16.5. The fraction of sp³-hybridized carbons (Fsp3) is 0.160. The number of hydrogen-bond acceptors (Lipinski definition) is 5. The van der Waals surface area contributed by atoms with Crippen molar-refractivity contribution in [2.45, 2.75) is 19.0 Å². The maximum absolute atomic E-state index is 13.4. The number of rotatable bonds is 6. The van der Waals surface area contributed by atoms with Crippen LogP contribution in [0.2, 0.25) is 5.02 Å². The third-order valence-electron chi connectivity index (χ3n) is 5.61. The number of benzene rings is 3. The molecule has 0 aliphatic carbocycles. The number of imide groups is 1. The highest BCUT2D eigenvalue weighted by Crippen LogP contribution is 2.35. The molecule has 1 N–H and O–H groups in total.